The van der Waals surface area contributed by atoms with Crippen LogP contribution in [0.3, 0.4) is 0 Å². The quantitative estimate of drug-likeness (QED) is 0.822. The lowest BCUT2D eigenvalue weighted by Gasteiger charge is -2.18. The second-order valence-corrected chi connectivity index (χ2v) is 4.76. The van der Waals surface area contributed by atoms with Gasteiger partial charge in [-0.3, -0.25) is 0 Å². The van der Waals surface area contributed by atoms with Crippen LogP contribution in [0.25, 0.3) is 0 Å². The molecule has 16 heavy (non-hydrogen) atoms. The Hall–Kier alpha value is -0.960. The van der Waals surface area contributed by atoms with Gasteiger partial charge < -0.3 is 5.73 Å². The molecule has 0 aromatic heterocycles. The van der Waals surface area contributed by atoms with Crippen molar-refractivity contribution in [1.82, 2.24) is 0 Å². The van der Waals surface area contributed by atoms with Gasteiger partial charge in [-0.25, -0.2) is 8.78 Å². The van der Waals surface area contributed by atoms with Crippen LogP contribution in [0, 0.1) is 23.5 Å². The van der Waals surface area contributed by atoms with Crippen molar-refractivity contribution < 1.29 is 8.78 Å². The molecular formula is C13H17F2N. The van der Waals surface area contributed by atoms with E-state index in [-0.39, 0.29) is 11.6 Å². The number of halogens is 2. The average Bonchev–Trinajstić information content (AvgIpc) is 2.55. The Morgan fingerprint density at radius 3 is 2.38 bits per heavy atom. The molecule has 1 aromatic rings. The molecule has 3 unspecified atom stereocenters. The van der Waals surface area contributed by atoms with E-state index in [9.17, 15) is 8.78 Å². The van der Waals surface area contributed by atoms with Gasteiger partial charge in [0.25, 0.3) is 0 Å². The minimum atomic E-state index is -0.437. The molecule has 1 aliphatic carbocycles. The van der Waals surface area contributed by atoms with E-state index >= 15 is 0 Å². The maximum Gasteiger partial charge on any atom is 0.129 e. The van der Waals surface area contributed by atoms with Gasteiger partial charge in [-0.05, 0) is 43.2 Å². The van der Waals surface area contributed by atoms with Gasteiger partial charge in [-0.1, -0.05) is 13.0 Å². The van der Waals surface area contributed by atoms with E-state index in [0.717, 1.165) is 12.8 Å². The van der Waals surface area contributed by atoms with E-state index in [1.54, 1.807) is 0 Å². The van der Waals surface area contributed by atoms with Gasteiger partial charge in [0.05, 0.1) is 0 Å². The molecule has 0 aliphatic heterocycles. The predicted molar refractivity (Wildman–Crippen MR) is 59.9 cm³/mol. The second-order valence-electron chi connectivity index (χ2n) is 4.76. The summed E-state index contributed by atoms with van der Waals surface area (Å²) in [5.41, 5.74) is 6.13. The lowest BCUT2D eigenvalue weighted by atomic mass is 9.89. The molecule has 1 fully saturated rings. The number of hydrogen-bond acceptors (Lipinski definition) is 1. The Morgan fingerprint density at radius 2 is 1.88 bits per heavy atom. The summed E-state index contributed by atoms with van der Waals surface area (Å²) >= 11 is 0. The van der Waals surface area contributed by atoms with Crippen LogP contribution in [-0.4, -0.2) is 6.04 Å². The summed E-state index contributed by atoms with van der Waals surface area (Å²) < 4.78 is 26.9. The van der Waals surface area contributed by atoms with Gasteiger partial charge in [-0.15, -0.1) is 0 Å². The van der Waals surface area contributed by atoms with Crippen molar-refractivity contribution in [2.75, 3.05) is 0 Å². The Bertz CT molecular complexity index is 358. The van der Waals surface area contributed by atoms with Crippen LogP contribution in [0.15, 0.2) is 18.2 Å². The molecule has 88 valence electrons. The summed E-state index contributed by atoms with van der Waals surface area (Å²) in [6.07, 6.45) is 2.39. The zero-order chi connectivity index (χ0) is 11.7. The van der Waals surface area contributed by atoms with E-state index in [1.165, 1.54) is 18.2 Å². The highest BCUT2D eigenvalue weighted by molar-refractivity contribution is 5.20. The highest BCUT2D eigenvalue weighted by Crippen LogP contribution is 2.34. The van der Waals surface area contributed by atoms with Gasteiger partial charge >= 0.3 is 0 Å². The summed E-state index contributed by atoms with van der Waals surface area (Å²) in [7, 11) is 0. The molecule has 1 aliphatic rings. The third-order valence-electron chi connectivity index (χ3n) is 3.82. The van der Waals surface area contributed by atoms with Crippen LogP contribution in [0.2, 0.25) is 0 Å². The fraction of sp³-hybridized carbons (Fsp3) is 0.538. The summed E-state index contributed by atoms with van der Waals surface area (Å²) in [5.74, 6) is -0.222. The number of benzene rings is 1. The van der Waals surface area contributed by atoms with Crippen molar-refractivity contribution in [3.8, 4) is 0 Å². The standard InChI is InChI=1S/C13H17F2N/c1-8-9(5-6-13(8)16)7-10-11(14)3-2-4-12(10)15/h2-4,8-9,13H,5-7,16H2,1H3. The molecule has 1 nitrogen and oxygen atoms in total. The zero-order valence-electron chi connectivity index (χ0n) is 9.42. The number of rotatable bonds is 2. The van der Waals surface area contributed by atoms with Crippen LogP contribution in [0.4, 0.5) is 8.78 Å². The highest BCUT2D eigenvalue weighted by Gasteiger charge is 2.31. The first-order valence-electron chi connectivity index (χ1n) is 5.78. The summed E-state index contributed by atoms with van der Waals surface area (Å²) in [4.78, 5) is 0. The first-order valence-corrected chi connectivity index (χ1v) is 5.78. The third-order valence-corrected chi connectivity index (χ3v) is 3.82. The topological polar surface area (TPSA) is 26.0 Å². The lowest BCUT2D eigenvalue weighted by Crippen LogP contribution is -2.26. The summed E-state index contributed by atoms with van der Waals surface area (Å²) in [6, 6.07) is 4.22. The highest BCUT2D eigenvalue weighted by atomic mass is 19.1. The molecule has 0 saturated heterocycles. The monoisotopic (exact) mass is 225 g/mol. The minimum absolute atomic E-state index is 0.180. The van der Waals surface area contributed by atoms with Crippen molar-refractivity contribution in [3.05, 3.63) is 35.4 Å². The molecule has 1 saturated carbocycles. The van der Waals surface area contributed by atoms with Gasteiger partial charge in [0.1, 0.15) is 11.6 Å². The molecule has 2 rings (SSSR count). The Balaban J connectivity index is 2.15. The zero-order valence-corrected chi connectivity index (χ0v) is 9.42. The summed E-state index contributed by atoms with van der Waals surface area (Å²) in [6.45, 7) is 2.07. The van der Waals surface area contributed by atoms with Crippen LogP contribution in [0.5, 0.6) is 0 Å². The fourth-order valence-corrected chi connectivity index (χ4v) is 2.56. The fourth-order valence-electron chi connectivity index (χ4n) is 2.56. The maximum absolute atomic E-state index is 13.5. The smallest absolute Gasteiger partial charge is 0.129 e. The molecule has 0 radical (unpaired) electrons. The molecule has 0 amide bonds. The second kappa shape index (κ2) is 4.50. The number of nitrogens with two attached hydrogens (primary N) is 1. The molecule has 3 atom stereocenters. The molecule has 0 bridgehead atoms. The average molecular weight is 225 g/mol. The first kappa shape index (κ1) is 11.5. The van der Waals surface area contributed by atoms with E-state index in [0.29, 0.717) is 18.3 Å². The molecule has 0 spiro atoms. The van der Waals surface area contributed by atoms with Crippen molar-refractivity contribution in [2.45, 2.75) is 32.2 Å². The van der Waals surface area contributed by atoms with E-state index in [1.807, 2.05) is 0 Å². The Labute approximate surface area is 94.7 Å². The Kier molecular flexibility index (Phi) is 3.24. The van der Waals surface area contributed by atoms with E-state index in [4.69, 9.17) is 5.73 Å². The van der Waals surface area contributed by atoms with Crippen molar-refractivity contribution in [2.24, 2.45) is 17.6 Å². The van der Waals surface area contributed by atoms with E-state index < -0.39 is 11.6 Å². The van der Waals surface area contributed by atoms with Gasteiger partial charge in [0.15, 0.2) is 0 Å². The first-order chi connectivity index (χ1) is 7.59. The van der Waals surface area contributed by atoms with Crippen molar-refractivity contribution in [3.63, 3.8) is 0 Å². The van der Waals surface area contributed by atoms with Gasteiger partial charge in [0.2, 0.25) is 0 Å². The van der Waals surface area contributed by atoms with Crippen molar-refractivity contribution >= 4 is 0 Å². The largest absolute Gasteiger partial charge is 0.327 e. The summed E-state index contributed by atoms with van der Waals surface area (Å²) in [5, 5.41) is 0. The van der Waals surface area contributed by atoms with Crippen molar-refractivity contribution in [1.29, 1.82) is 0 Å². The molecule has 2 N–H and O–H groups in total. The van der Waals surface area contributed by atoms with Crippen LogP contribution in [0.1, 0.15) is 25.3 Å². The molecular weight excluding hydrogens is 208 g/mol. The Morgan fingerprint density at radius 1 is 1.25 bits per heavy atom. The molecule has 1 aromatic carbocycles. The normalized spacial score (nSPS) is 29.6. The SMILES string of the molecule is CC1C(N)CCC1Cc1c(F)cccc1F. The molecule has 0 heterocycles. The van der Waals surface area contributed by atoms with Gasteiger partial charge in [-0.2, -0.15) is 0 Å². The van der Waals surface area contributed by atoms with Gasteiger partial charge in [0, 0.05) is 11.6 Å². The van der Waals surface area contributed by atoms with E-state index in [2.05, 4.69) is 6.92 Å². The predicted octanol–water partition coefficient (Wildman–Crippen LogP) is 2.88. The number of hydrogen-bond donors (Lipinski definition) is 1. The van der Waals surface area contributed by atoms with Crippen LogP contribution in [-0.2, 0) is 6.42 Å². The maximum atomic E-state index is 13.5. The third kappa shape index (κ3) is 2.09. The molecule has 3 heteroatoms. The van der Waals surface area contributed by atoms with Crippen LogP contribution >= 0.6 is 0 Å². The lowest BCUT2D eigenvalue weighted by molar-refractivity contribution is 0.379. The minimum Gasteiger partial charge on any atom is -0.327 e. The van der Waals surface area contributed by atoms with Crippen LogP contribution < -0.4 is 5.73 Å².